The van der Waals surface area contributed by atoms with Gasteiger partial charge in [-0.3, -0.25) is 0 Å². The average Bonchev–Trinajstić information content (AvgIpc) is 2.47. The molecule has 0 amide bonds. The molecular weight excluding hydrogens is 288 g/mol. The summed E-state index contributed by atoms with van der Waals surface area (Å²) >= 11 is 11.7. The van der Waals surface area contributed by atoms with Crippen LogP contribution in [0.15, 0.2) is 24.3 Å². The molecule has 0 atom stereocenters. The standard InChI is InChI=1S/C16H13ClN2S/c17-14-8-4-3-7-12(14)15-11-6-2-1-5-10(11)13(9-18)16(20)19-15/h3-4,7-8H,1-2,5-6H2,(H,19,20). The SMILES string of the molecule is N#Cc1c2c(c(-c3ccccc3Cl)[nH]c1=S)CCCC2. The van der Waals surface area contributed by atoms with Crippen LogP contribution < -0.4 is 0 Å². The Balaban J connectivity index is 2.33. The molecule has 2 nitrogen and oxygen atoms in total. The fraction of sp³-hybridized carbons (Fsp3) is 0.250. The second-order valence-corrected chi connectivity index (χ2v) is 5.78. The Bertz CT molecular complexity index is 771. The van der Waals surface area contributed by atoms with E-state index in [0.29, 0.717) is 15.2 Å². The molecule has 1 aromatic heterocycles. The van der Waals surface area contributed by atoms with Crippen molar-refractivity contribution in [1.82, 2.24) is 4.98 Å². The third-order valence-corrected chi connectivity index (χ3v) is 4.43. The molecule has 2 aromatic rings. The van der Waals surface area contributed by atoms with E-state index in [2.05, 4.69) is 11.1 Å². The molecule has 0 unspecified atom stereocenters. The van der Waals surface area contributed by atoms with Crippen molar-refractivity contribution in [3.63, 3.8) is 0 Å². The summed E-state index contributed by atoms with van der Waals surface area (Å²) in [5, 5.41) is 10.0. The van der Waals surface area contributed by atoms with Gasteiger partial charge >= 0.3 is 0 Å². The van der Waals surface area contributed by atoms with Gasteiger partial charge in [-0.25, -0.2) is 0 Å². The Hall–Kier alpha value is -1.63. The predicted molar refractivity (Wildman–Crippen MR) is 83.4 cm³/mol. The molecule has 0 radical (unpaired) electrons. The minimum Gasteiger partial charge on any atom is -0.345 e. The summed E-state index contributed by atoms with van der Waals surface area (Å²) in [6.07, 6.45) is 4.15. The number of fused-ring (bicyclic) bond motifs is 1. The lowest BCUT2D eigenvalue weighted by atomic mass is 9.86. The molecule has 0 aliphatic heterocycles. The largest absolute Gasteiger partial charge is 0.345 e. The van der Waals surface area contributed by atoms with E-state index < -0.39 is 0 Å². The number of benzene rings is 1. The number of hydrogen-bond donors (Lipinski definition) is 1. The lowest BCUT2D eigenvalue weighted by molar-refractivity contribution is 0.681. The fourth-order valence-electron chi connectivity index (χ4n) is 2.86. The lowest BCUT2D eigenvalue weighted by Gasteiger charge is -2.21. The van der Waals surface area contributed by atoms with Crippen LogP contribution in [0.5, 0.6) is 0 Å². The van der Waals surface area contributed by atoms with Crippen LogP contribution in [0.4, 0.5) is 0 Å². The molecule has 1 aliphatic carbocycles. The van der Waals surface area contributed by atoms with Gasteiger partial charge < -0.3 is 4.98 Å². The Morgan fingerprint density at radius 3 is 2.55 bits per heavy atom. The quantitative estimate of drug-likeness (QED) is 0.767. The van der Waals surface area contributed by atoms with Gasteiger partial charge in [-0.05, 0) is 42.9 Å². The summed E-state index contributed by atoms with van der Waals surface area (Å²) in [4.78, 5) is 3.22. The molecule has 1 N–H and O–H groups in total. The van der Waals surface area contributed by atoms with Crippen LogP contribution in [0.3, 0.4) is 0 Å². The maximum absolute atomic E-state index is 9.33. The number of aromatic nitrogens is 1. The first-order chi connectivity index (χ1) is 9.72. The van der Waals surface area contributed by atoms with Crippen molar-refractivity contribution in [1.29, 1.82) is 5.26 Å². The van der Waals surface area contributed by atoms with Crippen molar-refractivity contribution in [2.75, 3.05) is 0 Å². The maximum Gasteiger partial charge on any atom is 0.121 e. The van der Waals surface area contributed by atoms with E-state index in [1.807, 2.05) is 24.3 Å². The Kier molecular flexibility index (Phi) is 3.60. The van der Waals surface area contributed by atoms with Crippen LogP contribution in [-0.2, 0) is 12.8 Å². The van der Waals surface area contributed by atoms with Crippen LogP contribution in [-0.4, -0.2) is 4.98 Å². The molecule has 1 heterocycles. The molecule has 0 spiro atoms. The third kappa shape index (κ3) is 2.15. The fourth-order valence-corrected chi connectivity index (χ4v) is 3.36. The number of rotatable bonds is 1. The zero-order valence-corrected chi connectivity index (χ0v) is 12.4. The molecular formula is C16H13ClN2S. The topological polar surface area (TPSA) is 39.6 Å². The highest BCUT2D eigenvalue weighted by atomic mass is 35.5. The Morgan fingerprint density at radius 1 is 1.15 bits per heavy atom. The van der Waals surface area contributed by atoms with E-state index in [-0.39, 0.29) is 0 Å². The van der Waals surface area contributed by atoms with Gasteiger partial charge in [-0.15, -0.1) is 0 Å². The van der Waals surface area contributed by atoms with E-state index in [1.165, 1.54) is 5.56 Å². The normalized spacial score (nSPS) is 13.6. The maximum atomic E-state index is 9.33. The second kappa shape index (κ2) is 5.40. The van der Waals surface area contributed by atoms with Gasteiger partial charge in [0.1, 0.15) is 10.7 Å². The summed E-state index contributed by atoms with van der Waals surface area (Å²) in [6, 6.07) is 9.99. The van der Waals surface area contributed by atoms with Gasteiger partial charge in [0.05, 0.1) is 11.3 Å². The lowest BCUT2D eigenvalue weighted by Crippen LogP contribution is -2.09. The first-order valence-corrected chi connectivity index (χ1v) is 7.44. The molecule has 1 aliphatic rings. The summed E-state index contributed by atoms with van der Waals surface area (Å²) in [6.45, 7) is 0. The van der Waals surface area contributed by atoms with Crippen molar-refractivity contribution < 1.29 is 0 Å². The highest BCUT2D eigenvalue weighted by Crippen LogP contribution is 2.35. The smallest absolute Gasteiger partial charge is 0.121 e. The number of pyridine rings is 1. The molecule has 20 heavy (non-hydrogen) atoms. The summed E-state index contributed by atoms with van der Waals surface area (Å²) < 4.78 is 0.517. The number of nitrogens with one attached hydrogen (secondary N) is 1. The molecule has 100 valence electrons. The van der Waals surface area contributed by atoms with Crippen molar-refractivity contribution in [3.8, 4) is 17.3 Å². The van der Waals surface area contributed by atoms with Crippen LogP contribution in [0.25, 0.3) is 11.3 Å². The van der Waals surface area contributed by atoms with Crippen molar-refractivity contribution in [2.45, 2.75) is 25.7 Å². The highest BCUT2D eigenvalue weighted by Gasteiger charge is 2.20. The minimum absolute atomic E-state index is 0.517. The van der Waals surface area contributed by atoms with E-state index in [1.54, 1.807) is 0 Å². The van der Waals surface area contributed by atoms with Gasteiger partial charge in [0.15, 0.2) is 0 Å². The van der Waals surface area contributed by atoms with Gasteiger partial charge in [-0.2, -0.15) is 5.26 Å². The van der Waals surface area contributed by atoms with Crippen LogP contribution >= 0.6 is 23.8 Å². The number of nitrogens with zero attached hydrogens (tertiary/aromatic N) is 1. The van der Waals surface area contributed by atoms with Crippen LogP contribution in [0.1, 0.15) is 29.5 Å². The number of nitriles is 1. The van der Waals surface area contributed by atoms with Gasteiger partial charge in [0.2, 0.25) is 0 Å². The van der Waals surface area contributed by atoms with Crippen LogP contribution in [0, 0.1) is 16.0 Å². The highest BCUT2D eigenvalue weighted by molar-refractivity contribution is 7.71. The number of H-pyrrole nitrogens is 1. The van der Waals surface area contributed by atoms with E-state index in [4.69, 9.17) is 23.8 Å². The first kappa shape index (κ1) is 13.4. The van der Waals surface area contributed by atoms with Crippen molar-refractivity contribution in [3.05, 3.63) is 50.6 Å². The Morgan fingerprint density at radius 2 is 1.85 bits per heavy atom. The molecule has 3 rings (SSSR count). The zero-order valence-electron chi connectivity index (χ0n) is 10.9. The number of aromatic amines is 1. The second-order valence-electron chi connectivity index (χ2n) is 4.96. The minimum atomic E-state index is 0.517. The van der Waals surface area contributed by atoms with E-state index in [9.17, 15) is 5.26 Å². The summed E-state index contributed by atoms with van der Waals surface area (Å²) in [5.41, 5.74) is 4.88. The summed E-state index contributed by atoms with van der Waals surface area (Å²) in [5.74, 6) is 0. The molecule has 0 bridgehead atoms. The van der Waals surface area contributed by atoms with E-state index >= 15 is 0 Å². The number of halogens is 1. The monoisotopic (exact) mass is 300 g/mol. The molecule has 0 saturated heterocycles. The Labute approximate surface area is 128 Å². The molecule has 4 heteroatoms. The average molecular weight is 301 g/mol. The van der Waals surface area contributed by atoms with Crippen molar-refractivity contribution in [2.24, 2.45) is 0 Å². The van der Waals surface area contributed by atoms with Gasteiger partial charge in [0.25, 0.3) is 0 Å². The predicted octanol–water partition coefficient (Wildman–Crippen LogP) is 4.82. The van der Waals surface area contributed by atoms with E-state index in [0.717, 1.165) is 42.5 Å². The van der Waals surface area contributed by atoms with Gasteiger partial charge in [0, 0.05) is 10.6 Å². The van der Waals surface area contributed by atoms with Crippen LogP contribution in [0.2, 0.25) is 5.02 Å². The van der Waals surface area contributed by atoms with Crippen molar-refractivity contribution >= 4 is 23.8 Å². The third-order valence-electron chi connectivity index (χ3n) is 3.79. The summed E-state index contributed by atoms with van der Waals surface area (Å²) in [7, 11) is 0. The molecule has 0 fully saturated rings. The zero-order chi connectivity index (χ0) is 14.1. The molecule has 0 saturated carbocycles. The molecule has 1 aromatic carbocycles. The number of hydrogen-bond acceptors (Lipinski definition) is 2. The first-order valence-electron chi connectivity index (χ1n) is 6.65. The van der Waals surface area contributed by atoms with Gasteiger partial charge in [-0.1, -0.05) is 42.0 Å².